The monoisotopic (exact) mass is 625 g/mol. The minimum atomic E-state index is -4.77. The number of benzene rings is 3. The second kappa shape index (κ2) is 15.5. The molecule has 45 heavy (non-hydrogen) atoms. The van der Waals surface area contributed by atoms with Gasteiger partial charge in [0.1, 0.15) is 5.75 Å². The molecule has 1 aliphatic rings. The summed E-state index contributed by atoms with van der Waals surface area (Å²) in [5.74, 6) is 0.0406. The number of alkyl halides is 3. The molecule has 0 unspecified atom stereocenters. The number of anilines is 2. The van der Waals surface area contributed by atoms with Gasteiger partial charge >= 0.3 is 6.36 Å². The van der Waals surface area contributed by atoms with Gasteiger partial charge in [0.15, 0.2) is 0 Å². The number of ether oxygens (including phenoxy) is 1. The number of hydrogen-bond donors (Lipinski definition) is 2. The third kappa shape index (κ3) is 10.6. The molecule has 1 aliphatic heterocycles. The number of carbonyl (C=O) groups is 1. The zero-order valence-corrected chi connectivity index (χ0v) is 25.3. The summed E-state index contributed by atoms with van der Waals surface area (Å²) in [4.78, 5) is 25.2. The smallest absolute Gasteiger partial charge is 0.406 e. The third-order valence-corrected chi connectivity index (χ3v) is 7.69. The SMILES string of the molecule is CC(C)C(=O)Nc1cccc(C2CCN(CCCC/C(=N\Nc3ccc(OC(F)(F)F)cc3)c3ccc([N+](=O)[O-])cc3)CC2)c1. The Morgan fingerprint density at radius 2 is 1.71 bits per heavy atom. The van der Waals surface area contributed by atoms with Crippen molar-refractivity contribution in [3.05, 3.63) is 94.0 Å². The van der Waals surface area contributed by atoms with Crippen LogP contribution in [0.4, 0.5) is 30.2 Å². The Hall–Kier alpha value is -4.45. The van der Waals surface area contributed by atoms with Crippen LogP contribution in [0.5, 0.6) is 5.75 Å². The van der Waals surface area contributed by atoms with E-state index in [2.05, 4.69) is 37.6 Å². The first kappa shape index (κ1) is 33.4. The van der Waals surface area contributed by atoms with Gasteiger partial charge in [-0.15, -0.1) is 13.2 Å². The Morgan fingerprint density at radius 1 is 1.02 bits per heavy atom. The Bertz CT molecular complexity index is 1450. The van der Waals surface area contributed by atoms with Crippen LogP contribution in [0.25, 0.3) is 0 Å². The van der Waals surface area contributed by atoms with E-state index in [1.807, 2.05) is 26.0 Å². The molecule has 0 spiro atoms. The Morgan fingerprint density at radius 3 is 2.33 bits per heavy atom. The van der Waals surface area contributed by atoms with Crippen LogP contribution >= 0.6 is 0 Å². The summed E-state index contributed by atoms with van der Waals surface area (Å²) in [6.45, 7) is 6.63. The summed E-state index contributed by atoms with van der Waals surface area (Å²) >= 11 is 0. The number of halogens is 3. The molecule has 0 bridgehead atoms. The predicted octanol–water partition coefficient (Wildman–Crippen LogP) is 7.95. The van der Waals surface area contributed by atoms with Gasteiger partial charge in [0, 0.05) is 23.7 Å². The Labute approximate surface area is 260 Å². The molecule has 2 N–H and O–H groups in total. The van der Waals surface area contributed by atoms with Crippen molar-refractivity contribution in [3.8, 4) is 5.75 Å². The number of rotatable bonds is 13. The second-order valence-electron chi connectivity index (χ2n) is 11.4. The van der Waals surface area contributed by atoms with Crippen LogP contribution < -0.4 is 15.5 Å². The van der Waals surface area contributed by atoms with Crippen LogP contribution in [0, 0.1) is 16.0 Å². The summed E-state index contributed by atoms with van der Waals surface area (Å²) in [6.07, 6.45) is -0.345. The number of nitrogens with one attached hydrogen (secondary N) is 2. The molecule has 240 valence electrons. The van der Waals surface area contributed by atoms with E-state index in [4.69, 9.17) is 0 Å². The van der Waals surface area contributed by atoms with Gasteiger partial charge in [0.25, 0.3) is 5.69 Å². The molecule has 1 heterocycles. The van der Waals surface area contributed by atoms with E-state index in [9.17, 15) is 28.1 Å². The highest BCUT2D eigenvalue weighted by Crippen LogP contribution is 2.30. The lowest BCUT2D eigenvalue weighted by Gasteiger charge is -2.32. The summed E-state index contributed by atoms with van der Waals surface area (Å²) in [6, 6.07) is 19.5. The van der Waals surface area contributed by atoms with Crippen molar-refractivity contribution in [1.29, 1.82) is 0 Å². The maximum absolute atomic E-state index is 12.5. The summed E-state index contributed by atoms with van der Waals surface area (Å²) in [5, 5.41) is 18.6. The lowest BCUT2D eigenvalue weighted by atomic mass is 9.89. The highest BCUT2D eigenvalue weighted by molar-refractivity contribution is 6.01. The number of non-ortho nitro benzene ring substituents is 1. The van der Waals surface area contributed by atoms with Gasteiger partial charge in [-0.25, -0.2) is 0 Å². The molecule has 0 atom stereocenters. The second-order valence-corrected chi connectivity index (χ2v) is 11.4. The Kier molecular flexibility index (Phi) is 11.5. The lowest BCUT2D eigenvalue weighted by molar-refractivity contribution is -0.384. The van der Waals surface area contributed by atoms with E-state index in [0.29, 0.717) is 23.7 Å². The number of carbonyl (C=O) groups excluding carboxylic acids is 1. The minimum absolute atomic E-state index is 0.00754. The van der Waals surface area contributed by atoms with Crippen LogP contribution in [0.2, 0.25) is 0 Å². The molecule has 1 amide bonds. The van der Waals surface area contributed by atoms with Crippen molar-refractivity contribution in [1.82, 2.24) is 4.90 Å². The molecule has 1 saturated heterocycles. The van der Waals surface area contributed by atoms with Crippen molar-refractivity contribution < 1.29 is 27.6 Å². The average Bonchev–Trinajstić information content (AvgIpc) is 3.01. The number of nitro benzene ring substituents is 1. The van der Waals surface area contributed by atoms with Gasteiger partial charge in [0.05, 0.1) is 16.3 Å². The van der Waals surface area contributed by atoms with Crippen molar-refractivity contribution in [2.75, 3.05) is 30.4 Å². The normalized spacial score (nSPS) is 14.8. The predicted molar refractivity (Wildman–Crippen MR) is 169 cm³/mol. The first-order valence-electron chi connectivity index (χ1n) is 15.0. The first-order valence-corrected chi connectivity index (χ1v) is 15.0. The van der Waals surface area contributed by atoms with E-state index in [-0.39, 0.29) is 23.3 Å². The maximum Gasteiger partial charge on any atom is 0.573 e. The van der Waals surface area contributed by atoms with E-state index in [1.165, 1.54) is 42.0 Å². The van der Waals surface area contributed by atoms with Crippen LogP contribution in [-0.4, -0.2) is 47.4 Å². The third-order valence-electron chi connectivity index (χ3n) is 7.69. The van der Waals surface area contributed by atoms with Crippen LogP contribution in [0.1, 0.15) is 63.0 Å². The number of amides is 1. The fourth-order valence-corrected chi connectivity index (χ4v) is 5.18. The van der Waals surface area contributed by atoms with E-state index in [1.54, 1.807) is 12.1 Å². The highest BCUT2D eigenvalue weighted by Gasteiger charge is 2.31. The largest absolute Gasteiger partial charge is 0.573 e. The maximum atomic E-state index is 12.5. The molecule has 0 saturated carbocycles. The summed E-state index contributed by atoms with van der Waals surface area (Å²) in [5.41, 5.74) is 6.81. The number of piperidine rings is 1. The molecule has 3 aromatic rings. The van der Waals surface area contributed by atoms with E-state index < -0.39 is 11.3 Å². The number of hydrogen-bond acceptors (Lipinski definition) is 7. The van der Waals surface area contributed by atoms with E-state index in [0.717, 1.165) is 56.6 Å². The molecule has 0 aromatic heterocycles. The molecule has 1 fully saturated rings. The topological polar surface area (TPSA) is 109 Å². The molecule has 0 radical (unpaired) electrons. The van der Waals surface area contributed by atoms with Crippen molar-refractivity contribution in [2.45, 2.75) is 58.2 Å². The molecular formula is C33H38F3N5O4. The molecule has 12 heteroatoms. The fraction of sp³-hybridized carbons (Fsp3) is 0.394. The standard InChI is InChI=1S/C33H38F3N5O4/c1-23(2)32(42)37-28-7-5-6-26(22-28)24-17-20-40(21-18-24)19-4-3-8-31(25-9-13-29(14-10-25)41(43)44)39-38-27-11-15-30(16-12-27)45-33(34,35)36/h5-7,9-16,22-24,38H,3-4,8,17-21H2,1-2H3,(H,37,42)/b39-31+. The number of nitrogens with zero attached hydrogens (tertiary/aromatic N) is 3. The van der Waals surface area contributed by atoms with Gasteiger partial charge in [0.2, 0.25) is 5.91 Å². The summed E-state index contributed by atoms with van der Waals surface area (Å²) in [7, 11) is 0. The van der Waals surface area contributed by atoms with Gasteiger partial charge in [-0.2, -0.15) is 5.10 Å². The summed E-state index contributed by atoms with van der Waals surface area (Å²) < 4.78 is 41.3. The molecule has 0 aliphatic carbocycles. The number of hydrazone groups is 1. The first-order chi connectivity index (χ1) is 21.5. The molecule has 3 aromatic carbocycles. The fourth-order valence-electron chi connectivity index (χ4n) is 5.18. The zero-order chi connectivity index (χ0) is 32.4. The van der Waals surface area contributed by atoms with Gasteiger partial charge in [-0.05, 0) is 117 Å². The molecule has 4 rings (SSSR count). The van der Waals surface area contributed by atoms with Gasteiger partial charge < -0.3 is 15.0 Å². The van der Waals surface area contributed by atoms with Crippen LogP contribution in [0.15, 0.2) is 77.9 Å². The number of nitro groups is 1. The molecular weight excluding hydrogens is 587 g/mol. The van der Waals surface area contributed by atoms with Crippen LogP contribution in [0.3, 0.4) is 0 Å². The lowest BCUT2D eigenvalue weighted by Crippen LogP contribution is -2.33. The molecule has 9 nitrogen and oxygen atoms in total. The van der Waals surface area contributed by atoms with E-state index >= 15 is 0 Å². The van der Waals surface area contributed by atoms with Gasteiger partial charge in [-0.1, -0.05) is 26.0 Å². The quantitative estimate of drug-likeness (QED) is 0.0864. The van der Waals surface area contributed by atoms with Gasteiger partial charge in [-0.3, -0.25) is 20.3 Å². The van der Waals surface area contributed by atoms with Crippen molar-refractivity contribution in [2.24, 2.45) is 11.0 Å². The van der Waals surface area contributed by atoms with Crippen LogP contribution in [-0.2, 0) is 4.79 Å². The number of likely N-dealkylation sites (tertiary alicyclic amines) is 1. The van der Waals surface area contributed by atoms with Crippen molar-refractivity contribution in [3.63, 3.8) is 0 Å². The highest BCUT2D eigenvalue weighted by atomic mass is 19.4. The number of unbranched alkanes of at least 4 members (excludes halogenated alkanes) is 1. The Balaban J connectivity index is 1.30. The van der Waals surface area contributed by atoms with Crippen molar-refractivity contribution >= 4 is 28.7 Å². The minimum Gasteiger partial charge on any atom is -0.406 e. The zero-order valence-electron chi connectivity index (χ0n) is 25.3. The average molecular weight is 626 g/mol.